The molecule has 1 aromatic carbocycles. The Labute approximate surface area is 121 Å². The fourth-order valence-electron chi connectivity index (χ4n) is 2.82. The van der Waals surface area contributed by atoms with Gasteiger partial charge in [0.1, 0.15) is 5.75 Å². The van der Waals surface area contributed by atoms with Gasteiger partial charge in [0.2, 0.25) is 0 Å². The average molecular weight is 279 g/mol. The molecule has 1 saturated heterocycles. The second-order valence-corrected chi connectivity index (χ2v) is 5.09. The monoisotopic (exact) mass is 279 g/mol. The van der Waals surface area contributed by atoms with E-state index in [9.17, 15) is 0 Å². The van der Waals surface area contributed by atoms with E-state index >= 15 is 0 Å². The van der Waals surface area contributed by atoms with E-state index in [1.807, 2.05) is 38.1 Å². The molecule has 1 aliphatic rings. The molecule has 1 fully saturated rings. The molecule has 20 heavy (non-hydrogen) atoms. The molecular weight excluding hydrogens is 254 g/mol. The van der Waals surface area contributed by atoms with Crippen LogP contribution >= 0.6 is 0 Å². The van der Waals surface area contributed by atoms with Gasteiger partial charge in [-0.15, -0.1) is 0 Å². The molecule has 2 rings (SSSR count). The molecule has 4 nitrogen and oxygen atoms in total. The molecule has 0 saturated carbocycles. The Hall–Kier alpha value is -1.10. The Kier molecular flexibility index (Phi) is 5.40. The van der Waals surface area contributed by atoms with Crippen molar-refractivity contribution in [3.8, 4) is 5.75 Å². The number of benzene rings is 1. The van der Waals surface area contributed by atoms with Crippen molar-refractivity contribution < 1.29 is 14.2 Å². The minimum Gasteiger partial charge on any atom is -0.494 e. The lowest BCUT2D eigenvalue weighted by atomic mass is 9.82. The van der Waals surface area contributed by atoms with Gasteiger partial charge in [-0.1, -0.05) is 12.1 Å². The first-order valence-corrected chi connectivity index (χ1v) is 7.42. The van der Waals surface area contributed by atoms with Crippen molar-refractivity contribution in [2.75, 3.05) is 26.4 Å². The van der Waals surface area contributed by atoms with Crippen LogP contribution in [0.5, 0.6) is 5.75 Å². The van der Waals surface area contributed by atoms with Gasteiger partial charge in [0.15, 0.2) is 0 Å². The second kappa shape index (κ2) is 7.07. The maximum atomic E-state index is 6.52. The fraction of sp³-hybridized carbons (Fsp3) is 0.625. The largest absolute Gasteiger partial charge is 0.494 e. The summed E-state index contributed by atoms with van der Waals surface area (Å²) in [5, 5.41) is 0. The topological polar surface area (TPSA) is 53.7 Å². The number of hydrogen-bond acceptors (Lipinski definition) is 4. The molecule has 1 unspecified atom stereocenters. The first-order chi connectivity index (χ1) is 9.72. The van der Waals surface area contributed by atoms with Crippen LogP contribution in [0.4, 0.5) is 0 Å². The third-order valence-corrected chi connectivity index (χ3v) is 3.87. The molecule has 1 aliphatic heterocycles. The standard InChI is InChI=1S/C16H25NO3/c1-3-19-14-7-5-6-13(12-14)15(17)16(20-4-2)8-10-18-11-9-16/h5-7,12,15H,3-4,8-11,17H2,1-2H3. The summed E-state index contributed by atoms with van der Waals surface area (Å²) in [5.74, 6) is 0.860. The average Bonchev–Trinajstić information content (AvgIpc) is 2.48. The lowest BCUT2D eigenvalue weighted by Crippen LogP contribution is -2.48. The summed E-state index contributed by atoms with van der Waals surface area (Å²) in [4.78, 5) is 0. The van der Waals surface area contributed by atoms with Crippen LogP contribution in [0.1, 0.15) is 38.3 Å². The first-order valence-electron chi connectivity index (χ1n) is 7.42. The molecule has 1 heterocycles. The quantitative estimate of drug-likeness (QED) is 0.870. The molecule has 2 N–H and O–H groups in total. The van der Waals surface area contributed by atoms with E-state index in [0.717, 1.165) is 24.2 Å². The fourth-order valence-corrected chi connectivity index (χ4v) is 2.82. The van der Waals surface area contributed by atoms with Crippen molar-refractivity contribution in [2.24, 2.45) is 5.73 Å². The SMILES string of the molecule is CCOc1cccc(C(N)C2(OCC)CCOCC2)c1. The van der Waals surface area contributed by atoms with Crippen LogP contribution in [0.15, 0.2) is 24.3 Å². The molecule has 0 amide bonds. The Morgan fingerprint density at radius 2 is 2.00 bits per heavy atom. The van der Waals surface area contributed by atoms with Crippen molar-refractivity contribution in [1.82, 2.24) is 0 Å². The molecule has 1 atom stereocenters. The molecular formula is C16H25NO3. The van der Waals surface area contributed by atoms with Crippen LogP contribution < -0.4 is 10.5 Å². The van der Waals surface area contributed by atoms with Gasteiger partial charge in [0, 0.05) is 32.7 Å². The second-order valence-electron chi connectivity index (χ2n) is 5.09. The van der Waals surface area contributed by atoms with E-state index in [2.05, 4.69) is 0 Å². The van der Waals surface area contributed by atoms with Gasteiger partial charge in [0.25, 0.3) is 0 Å². The van der Waals surface area contributed by atoms with E-state index in [-0.39, 0.29) is 11.6 Å². The third kappa shape index (κ3) is 3.32. The molecule has 0 aromatic heterocycles. The van der Waals surface area contributed by atoms with Gasteiger partial charge >= 0.3 is 0 Å². The highest BCUT2D eigenvalue weighted by molar-refractivity contribution is 5.32. The van der Waals surface area contributed by atoms with Crippen molar-refractivity contribution in [2.45, 2.75) is 38.3 Å². The minimum absolute atomic E-state index is 0.160. The lowest BCUT2D eigenvalue weighted by Gasteiger charge is -2.41. The summed E-state index contributed by atoms with van der Waals surface area (Å²) < 4.78 is 17.1. The maximum absolute atomic E-state index is 6.52. The Bertz CT molecular complexity index is 410. The molecule has 0 radical (unpaired) electrons. The number of rotatable bonds is 6. The number of hydrogen-bond donors (Lipinski definition) is 1. The summed E-state index contributed by atoms with van der Waals surface area (Å²) in [6, 6.07) is 7.84. The van der Waals surface area contributed by atoms with Crippen LogP contribution in [0.3, 0.4) is 0 Å². The maximum Gasteiger partial charge on any atom is 0.119 e. The molecule has 0 bridgehead atoms. The normalized spacial score (nSPS) is 19.6. The molecule has 0 spiro atoms. The van der Waals surface area contributed by atoms with Crippen molar-refractivity contribution in [3.63, 3.8) is 0 Å². The summed E-state index contributed by atoms with van der Waals surface area (Å²) >= 11 is 0. The smallest absolute Gasteiger partial charge is 0.119 e. The minimum atomic E-state index is -0.322. The Balaban J connectivity index is 2.22. The predicted octanol–water partition coefficient (Wildman–Crippen LogP) is 2.67. The van der Waals surface area contributed by atoms with Gasteiger partial charge in [-0.25, -0.2) is 0 Å². The first kappa shape index (κ1) is 15.3. The van der Waals surface area contributed by atoms with Gasteiger partial charge < -0.3 is 19.9 Å². The Morgan fingerprint density at radius 1 is 1.25 bits per heavy atom. The van der Waals surface area contributed by atoms with Crippen LogP contribution in [-0.4, -0.2) is 32.0 Å². The van der Waals surface area contributed by atoms with Gasteiger partial charge in [-0.2, -0.15) is 0 Å². The van der Waals surface area contributed by atoms with Gasteiger partial charge in [-0.3, -0.25) is 0 Å². The molecule has 112 valence electrons. The van der Waals surface area contributed by atoms with Gasteiger partial charge in [-0.05, 0) is 31.5 Å². The molecule has 4 heteroatoms. The van der Waals surface area contributed by atoms with Gasteiger partial charge in [0.05, 0.1) is 18.2 Å². The van der Waals surface area contributed by atoms with E-state index in [1.165, 1.54) is 0 Å². The summed E-state index contributed by atoms with van der Waals surface area (Å²) in [6.07, 6.45) is 1.67. The van der Waals surface area contributed by atoms with Crippen LogP contribution in [0, 0.1) is 0 Å². The van der Waals surface area contributed by atoms with Crippen molar-refractivity contribution >= 4 is 0 Å². The van der Waals surface area contributed by atoms with Crippen LogP contribution in [-0.2, 0) is 9.47 Å². The number of nitrogens with two attached hydrogens (primary N) is 1. The number of ether oxygens (including phenoxy) is 3. The van der Waals surface area contributed by atoms with E-state index in [1.54, 1.807) is 0 Å². The summed E-state index contributed by atoms with van der Waals surface area (Å²) in [7, 11) is 0. The van der Waals surface area contributed by atoms with Crippen molar-refractivity contribution in [1.29, 1.82) is 0 Å². The Morgan fingerprint density at radius 3 is 2.65 bits per heavy atom. The third-order valence-electron chi connectivity index (χ3n) is 3.87. The zero-order chi connectivity index (χ0) is 14.4. The van der Waals surface area contributed by atoms with Crippen LogP contribution in [0.2, 0.25) is 0 Å². The highest BCUT2D eigenvalue weighted by atomic mass is 16.5. The van der Waals surface area contributed by atoms with E-state index < -0.39 is 0 Å². The highest BCUT2D eigenvalue weighted by Crippen LogP contribution is 2.37. The molecule has 1 aromatic rings. The molecule has 0 aliphatic carbocycles. The lowest BCUT2D eigenvalue weighted by molar-refractivity contribution is -0.121. The van der Waals surface area contributed by atoms with E-state index in [4.69, 9.17) is 19.9 Å². The summed E-state index contributed by atoms with van der Waals surface area (Å²) in [5.41, 5.74) is 7.26. The zero-order valence-electron chi connectivity index (χ0n) is 12.4. The predicted molar refractivity (Wildman–Crippen MR) is 78.9 cm³/mol. The summed E-state index contributed by atoms with van der Waals surface area (Å²) in [6.45, 7) is 6.73. The zero-order valence-corrected chi connectivity index (χ0v) is 12.4. The highest BCUT2D eigenvalue weighted by Gasteiger charge is 2.40. The van der Waals surface area contributed by atoms with E-state index in [0.29, 0.717) is 26.4 Å². The van der Waals surface area contributed by atoms with Crippen molar-refractivity contribution in [3.05, 3.63) is 29.8 Å². The van der Waals surface area contributed by atoms with Crippen LogP contribution in [0.25, 0.3) is 0 Å².